The minimum Gasteiger partial charge on any atom is -0.355 e. The molecule has 2 aromatic rings. The van der Waals surface area contributed by atoms with E-state index in [9.17, 15) is 35.9 Å². The van der Waals surface area contributed by atoms with E-state index in [1.807, 2.05) is 0 Å². The lowest BCUT2D eigenvalue weighted by Crippen LogP contribution is -2.32. The van der Waals surface area contributed by atoms with Gasteiger partial charge in [0.2, 0.25) is 11.8 Å². The third-order valence-corrected chi connectivity index (χ3v) is 4.37. The van der Waals surface area contributed by atoms with Crippen molar-refractivity contribution in [2.45, 2.75) is 12.1 Å². The predicted octanol–water partition coefficient (Wildman–Crippen LogP) is 3.59. The van der Waals surface area contributed by atoms with Crippen LogP contribution in [0.4, 0.5) is 32.0 Å². The lowest BCUT2D eigenvalue weighted by molar-refractivity contribution is -0.142. The Morgan fingerprint density at radius 1 is 1.04 bits per heavy atom. The molecule has 2 amide bonds. The molecule has 0 radical (unpaired) electrons. The molecule has 2 aromatic carbocycles. The van der Waals surface area contributed by atoms with Gasteiger partial charge in [0.05, 0.1) is 5.69 Å². The minimum absolute atomic E-state index is 0.212. The van der Waals surface area contributed by atoms with Crippen LogP contribution in [-0.2, 0) is 15.8 Å². The first kappa shape index (κ1) is 19.7. The lowest BCUT2D eigenvalue weighted by atomic mass is 9.87. The average Bonchev–Trinajstić information content (AvgIpc) is 2.96. The number of carbonyl (C=O) groups excluding carboxylic acids is 2. The van der Waals surface area contributed by atoms with Gasteiger partial charge in [0.25, 0.3) is 0 Å². The van der Waals surface area contributed by atoms with Gasteiger partial charge < -0.3 is 10.6 Å². The van der Waals surface area contributed by atoms with Crippen LogP contribution in [-0.4, -0.2) is 18.4 Å². The third kappa shape index (κ3) is 3.67. The fourth-order valence-electron chi connectivity index (χ4n) is 3.08. The van der Waals surface area contributed by atoms with Gasteiger partial charge in [-0.05, 0) is 29.8 Å². The monoisotopic (exact) mass is 402 g/mol. The molecule has 1 aliphatic rings. The Balaban J connectivity index is 1.92. The molecular formula is C18H12F6N2O2. The number of amides is 2. The summed E-state index contributed by atoms with van der Waals surface area (Å²) in [6.07, 6.45) is -5.24. The topological polar surface area (TPSA) is 58.2 Å². The number of anilines is 1. The van der Waals surface area contributed by atoms with Gasteiger partial charge in [0, 0.05) is 12.5 Å². The summed E-state index contributed by atoms with van der Waals surface area (Å²) in [4.78, 5) is 24.5. The molecule has 0 aliphatic carbocycles. The molecular weight excluding hydrogens is 390 g/mol. The summed E-state index contributed by atoms with van der Waals surface area (Å²) in [5.74, 6) is -8.85. The Labute approximate surface area is 154 Å². The quantitative estimate of drug-likeness (QED) is 0.609. The van der Waals surface area contributed by atoms with Crippen molar-refractivity contribution in [1.29, 1.82) is 0 Å². The van der Waals surface area contributed by atoms with E-state index in [2.05, 4.69) is 10.6 Å². The predicted molar refractivity (Wildman–Crippen MR) is 85.6 cm³/mol. The van der Waals surface area contributed by atoms with E-state index in [0.29, 0.717) is 12.1 Å². The van der Waals surface area contributed by atoms with Gasteiger partial charge in [0.15, 0.2) is 0 Å². The Bertz CT molecular complexity index is 921. The van der Waals surface area contributed by atoms with E-state index in [1.54, 1.807) is 0 Å². The van der Waals surface area contributed by atoms with Crippen LogP contribution in [0.1, 0.15) is 17.0 Å². The maximum atomic E-state index is 13.9. The molecule has 3 rings (SSSR count). The second-order valence-corrected chi connectivity index (χ2v) is 6.16. The molecule has 0 bridgehead atoms. The first-order valence-corrected chi connectivity index (χ1v) is 7.99. The number of nitrogens with one attached hydrogen (secondary N) is 2. The number of rotatable bonds is 3. The highest BCUT2D eigenvalue weighted by atomic mass is 19.4. The number of alkyl halides is 3. The number of carbonyl (C=O) groups is 2. The minimum atomic E-state index is -5.24. The van der Waals surface area contributed by atoms with E-state index >= 15 is 0 Å². The number of halogens is 6. The molecule has 1 fully saturated rings. The maximum Gasteiger partial charge on any atom is 0.422 e. The summed E-state index contributed by atoms with van der Waals surface area (Å²) in [5.41, 5.74) is -2.56. The van der Waals surface area contributed by atoms with Gasteiger partial charge in [-0.25, -0.2) is 13.2 Å². The first-order valence-electron chi connectivity index (χ1n) is 7.99. The highest BCUT2D eigenvalue weighted by molar-refractivity contribution is 6.08. The summed E-state index contributed by atoms with van der Waals surface area (Å²) in [6, 6.07) is 6.02. The van der Waals surface area contributed by atoms with E-state index in [0.717, 1.165) is 6.07 Å². The summed E-state index contributed by atoms with van der Waals surface area (Å²) in [6.45, 7) is -0.224. The Morgan fingerprint density at radius 3 is 2.21 bits per heavy atom. The largest absolute Gasteiger partial charge is 0.422 e. The fraction of sp³-hybridized carbons (Fsp3) is 0.222. The van der Waals surface area contributed by atoms with E-state index in [-0.39, 0.29) is 17.8 Å². The summed E-state index contributed by atoms with van der Waals surface area (Å²) >= 11 is 0. The van der Waals surface area contributed by atoms with Crippen LogP contribution >= 0.6 is 0 Å². The van der Waals surface area contributed by atoms with Gasteiger partial charge in [-0.3, -0.25) is 9.59 Å². The fourth-order valence-corrected chi connectivity index (χ4v) is 3.08. The van der Waals surface area contributed by atoms with Crippen LogP contribution in [0, 0.1) is 23.4 Å². The zero-order valence-electron chi connectivity index (χ0n) is 13.9. The van der Waals surface area contributed by atoms with Crippen molar-refractivity contribution in [2.24, 2.45) is 5.92 Å². The highest BCUT2D eigenvalue weighted by Gasteiger charge is 2.43. The van der Waals surface area contributed by atoms with Crippen molar-refractivity contribution in [3.05, 3.63) is 65.0 Å². The second-order valence-electron chi connectivity index (χ2n) is 6.16. The molecule has 148 valence electrons. The molecule has 2 N–H and O–H groups in total. The van der Waals surface area contributed by atoms with Gasteiger partial charge in [-0.15, -0.1) is 0 Å². The summed E-state index contributed by atoms with van der Waals surface area (Å²) < 4.78 is 79.6. The number of para-hydroxylation sites is 1. The molecule has 4 nitrogen and oxygen atoms in total. The molecule has 1 heterocycles. The van der Waals surface area contributed by atoms with Gasteiger partial charge in [-0.2, -0.15) is 13.2 Å². The van der Waals surface area contributed by atoms with Crippen LogP contribution in [0.3, 0.4) is 0 Å². The van der Waals surface area contributed by atoms with E-state index in [4.69, 9.17) is 0 Å². The average molecular weight is 402 g/mol. The normalized spacial score (nSPS) is 19.4. The number of hydrogen-bond acceptors (Lipinski definition) is 2. The van der Waals surface area contributed by atoms with Crippen molar-refractivity contribution in [2.75, 3.05) is 11.9 Å². The third-order valence-electron chi connectivity index (χ3n) is 4.37. The molecule has 0 saturated carbocycles. The maximum absolute atomic E-state index is 13.9. The molecule has 0 unspecified atom stereocenters. The van der Waals surface area contributed by atoms with Crippen molar-refractivity contribution in [3.8, 4) is 0 Å². The Morgan fingerprint density at radius 2 is 1.64 bits per heavy atom. The van der Waals surface area contributed by atoms with Crippen molar-refractivity contribution < 1.29 is 35.9 Å². The van der Waals surface area contributed by atoms with Gasteiger partial charge >= 0.3 is 6.18 Å². The molecule has 1 aliphatic heterocycles. The molecule has 1 saturated heterocycles. The molecule has 2 atom stereocenters. The Kier molecular flexibility index (Phi) is 5.05. The zero-order chi connectivity index (χ0) is 20.6. The number of benzene rings is 2. The van der Waals surface area contributed by atoms with E-state index < -0.39 is 52.8 Å². The molecule has 0 spiro atoms. The van der Waals surface area contributed by atoms with Crippen molar-refractivity contribution >= 4 is 17.5 Å². The summed E-state index contributed by atoms with van der Waals surface area (Å²) in [5, 5.41) is 4.53. The SMILES string of the molecule is O=C1NC[C@H](c2cc(F)c(C(F)(F)F)c(F)c2)[C@H]1C(=O)Nc1ccccc1F. The molecule has 10 heteroatoms. The van der Waals surface area contributed by atoms with Crippen LogP contribution in [0.25, 0.3) is 0 Å². The second kappa shape index (κ2) is 7.17. The van der Waals surface area contributed by atoms with Crippen LogP contribution in [0.2, 0.25) is 0 Å². The van der Waals surface area contributed by atoms with E-state index in [1.165, 1.54) is 18.2 Å². The van der Waals surface area contributed by atoms with Crippen LogP contribution in [0.5, 0.6) is 0 Å². The summed E-state index contributed by atoms with van der Waals surface area (Å²) in [7, 11) is 0. The first-order chi connectivity index (χ1) is 13.1. The van der Waals surface area contributed by atoms with Gasteiger partial charge in [0.1, 0.15) is 28.9 Å². The Hall–Kier alpha value is -3.04. The number of hydrogen-bond donors (Lipinski definition) is 2. The van der Waals surface area contributed by atoms with Crippen LogP contribution < -0.4 is 10.6 Å². The van der Waals surface area contributed by atoms with Gasteiger partial charge in [-0.1, -0.05) is 12.1 Å². The van der Waals surface area contributed by atoms with Crippen molar-refractivity contribution in [3.63, 3.8) is 0 Å². The lowest BCUT2D eigenvalue weighted by Gasteiger charge is -2.19. The smallest absolute Gasteiger partial charge is 0.355 e. The highest BCUT2D eigenvalue weighted by Crippen LogP contribution is 2.37. The van der Waals surface area contributed by atoms with Crippen LogP contribution in [0.15, 0.2) is 36.4 Å². The zero-order valence-corrected chi connectivity index (χ0v) is 13.9. The molecule has 0 aromatic heterocycles. The standard InChI is InChI=1S/C18H12F6N2O2/c19-10-3-1-2-4-13(10)26-17(28)14-9(7-25-16(14)27)8-5-11(20)15(12(21)6-8)18(22,23)24/h1-6,9,14H,7H2,(H,25,27)(H,26,28)/t9-,14-/m1/s1. The molecule has 28 heavy (non-hydrogen) atoms. The van der Waals surface area contributed by atoms with Crippen molar-refractivity contribution in [1.82, 2.24) is 5.32 Å².